The molecule has 0 radical (unpaired) electrons. The molecule has 0 aromatic heterocycles. The lowest BCUT2D eigenvalue weighted by atomic mass is 10.0. The van der Waals surface area contributed by atoms with Gasteiger partial charge in [0.05, 0.1) is 13.2 Å². The number of rotatable bonds is 8. The van der Waals surface area contributed by atoms with E-state index in [9.17, 15) is 5.11 Å². The summed E-state index contributed by atoms with van der Waals surface area (Å²) in [6.07, 6.45) is -0.0586. The van der Waals surface area contributed by atoms with Crippen LogP contribution in [0.3, 0.4) is 0 Å². The minimum Gasteiger partial charge on any atom is -0.497 e. The highest BCUT2D eigenvalue weighted by atomic mass is 16.5. The predicted molar refractivity (Wildman–Crippen MR) is 91.7 cm³/mol. The van der Waals surface area contributed by atoms with E-state index in [2.05, 4.69) is 0 Å². The lowest BCUT2D eigenvalue weighted by molar-refractivity contribution is 0.0877. The van der Waals surface area contributed by atoms with Crippen LogP contribution in [0.2, 0.25) is 0 Å². The van der Waals surface area contributed by atoms with Gasteiger partial charge in [-0.25, -0.2) is 5.01 Å². The Balaban J connectivity index is 1.82. The first kappa shape index (κ1) is 17.4. The van der Waals surface area contributed by atoms with Gasteiger partial charge in [-0.15, -0.1) is 0 Å². The first-order valence-corrected chi connectivity index (χ1v) is 7.68. The summed E-state index contributed by atoms with van der Waals surface area (Å²) in [6, 6.07) is 17.2. The summed E-state index contributed by atoms with van der Waals surface area (Å²) >= 11 is 0. The van der Waals surface area contributed by atoms with Crippen molar-refractivity contribution in [1.82, 2.24) is 5.01 Å². The Kier molecular flexibility index (Phi) is 6.55. The van der Waals surface area contributed by atoms with Gasteiger partial charge in [0.2, 0.25) is 0 Å². The molecule has 0 aliphatic heterocycles. The van der Waals surface area contributed by atoms with Crippen LogP contribution >= 0.6 is 0 Å². The first-order chi connectivity index (χ1) is 11.1. The van der Waals surface area contributed by atoms with E-state index in [4.69, 9.17) is 16.3 Å². The first-order valence-electron chi connectivity index (χ1n) is 7.68. The summed E-state index contributed by atoms with van der Waals surface area (Å²) in [4.78, 5) is 0. The van der Waals surface area contributed by atoms with Crippen molar-refractivity contribution in [2.45, 2.75) is 25.1 Å². The van der Waals surface area contributed by atoms with Crippen LogP contribution in [0, 0.1) is 0 Å². The number of aliphatic hydroxyl groups excluding tert-OH is 1. The average Bonchev–Trinajstić information content (AvgIpc) is 2.56. The predicted octanol–water partition coefficient (Wildman–Crippen LogP) is 1.30. The Morgan fingerprint density at radius 3 is 2.30 bits per heavy atom. The molecule has 2 rings (SSSR count). The number of hydrazine groups is 1. The Hall–Kier alpha value is -1.92. The van der Waals surface area contributed by atoms with Gasteiger partial charge in [-0.1, -0.05) is 42.5 Å². The number of nitrogens with zero attached hydrogens (tertiary/aromatic N) is 1. The molecule has 0 heterocycles. The van der Waals surface area contributed by atoms with E-state index in [0.717, 1.165) is 16.9 Å². The lowest BCUT2D eigenvalue weighted by Gasteiger charge is -2.24. The molecular weight excluding hydrogens is 290 g/mol. The second-order valence-corrected chi connectivity index (χ2v) is 5.70. The highest BCUT2D eigenvalue weighted by Crippen LogP contribution is 2.12. The summed E-state index contributed by atoms with van der Waals surface area (Å²) in [5.74, 6) is 6.80. The summed E-state index contributed by atoms with van der Waals surface area (Å²) in [7, 11) is 1.63. The molecule has 2 atom stereocenters. The van der Waals surface area contributed by atoms with Gasteiger partial charge in [0, 0.05) is 19.1 Å². The van der Waals surface area contributed by atoms with Crippen molar-refractivity contribution in [2.24, 2.45) is 11.6 Å². The normalized spacial score (nSPS) is 13.8. The molecule has 0 aliphatic carbocycles. The van der Waals surface area contributed by atoms with E-state index in [0.29, 0.717) is 19.5 Å². The molecular formula is C18H25N3O2. The molecule has 2 aromatic rings. The second kappa shape index (κ2) is 8.64. The number of hydrogen-bond donors (Lipinski definition) is 3. The fourth-order valence-electron chi connectivity index (χ4n) is 2.43. The van der Waals surface area contributed by atoms with Gasteiger partial charge >= 0.3 is 0 Å². The van der Waals surface area contributed by atoms with Crippen molar-refractivity contribution in [1.29, 1.82) is 0 Å². The van der Waals surface area contributed by atoms with Crippen molar-refractivity contribution < 1.29 is 9.84 Å². The second-order valence-electron chi connectivity index (χ2n) is 5.70. The maximum Gasteiger partial charge on any atom is 0.118 e. The van der Waals surface area contributed by atoms with Crippen LogP contribution in [0.25, 0.3) is 0 Å². The van der Waals surface area contributed by atoms with Crippen molar-refractivity contribution >= 4 is 0 Å². The zero-order valence-electron chi connectivity index (χ0n) is 13.4. The van der Waals surface area contributed by atoms with Crippen molar-refractivity contribution in [3.8, 4) is 5.75 Å². The third kappa shape index (κ3) is 5.65. The minimum atomic E-state index is -0.682. The van der Waals surface area contributed by atoms with Gasteiger partial charge in [-0.3, -0.25) is 5.84 Å². The zero-order chi connectivity index (χ0) is 16.7. The fourth-order valence-corrected chi connectivity index (χ4v) is 2.43. The van der Waals surface area contributed by atoms with E-state index < -0.39 is 6.10 Å². The maximum absolute atomic E-state index is 10.2. The molecule has 0 aliphatic rings. The standard InChI is InChI=1S/C18H25N3O2/c1-23-16-9-7-15(8-10-16)12-21(20)13-18(22)17(19)11-14-5-3-2-4-6-14/h2-10,17-18,22H,11-13,19-20H2,1H3. The molecule has 0 spiro atoms. The largest absolute Gasteiger partial charge is 0.497 e. The number of methoxy groups -OCH3 is 1. The molecule has 0 fully saturated rings. The van der Waals surface area contributed by atoms with Crippen LogP contribution in [0.4, 0.5) is 0 Å². The summed E-state index contributed by atoms with van der Waals surface area (Å²) in [5.41, 5.74) is 8.24. The summed E-state index contributed by atoms with van der Waals surface area (Å²) < 4.78 is 5.13. The van der Waals surface area contributed by atoms with Crippen molar-refractivity contribution in [2.75, 3.05) is 13.7 Å². The van der Waals surface area contributed by atoms with Gasteiger partial charge in [-0.05, 0) is 29.7 Å². The molecule has 0 saturated heterocycles. The Morgan fingerprint density at radius 2 is 1.70 bits per heavy atom. The van der Waals surface area contributed by atoms with E-state index in [1.165, 1.54) is 0 Å². The number of aliphatic hydroxyl groups is 1. The molecule has 0 amide bonds. The smallest absolute Gasteiger partial charge is 0.118 e. The quantitative estimate of drug-likeness (QED) is 0.505. The van der Waals surface area contributed by atoms with Crippen LogP contribution < -0.4 is 16.3 Å². The molecule has 2 unspecified atom stereocenters. The number of benzene rings is 2. The molecule has 5 N–H and O–H groups in total. The van der Waals surface area contributed by atoms with Gasteiger partial charge in [-0.2, -0.15) is 0 Å². The van der Waals surface area contributed by atoms with Crippen LogP contribution in [0.1, 0.15) is 11.1 Å². The molecule has 23 heavy (non-hydrogen) atoms. The SMILES string of the molecule is COc1ccc(CN(N)CC(O)C(N)Cc2ccccc2)cc1. The van der Waals surface area contributed by atoms with Gasteiger partial charge < -0.3 is 15.6 Å². The minimum absolute atomic E-state index is 0.319. The van der Waals surface area contributed by atoms with Crippen LogP contribution in [-0.2, 0) is 13.0 Å². The maximum atomic E-state index is 10.2. The molecule has 5 nitrogen and oxygen atoms in total. The third-order valence-corrected chi connectivity index (χ3v) is 3.77. The Labute approximate surface area is 137 Å². The van der Waals surface area contributed by atoms with Crippen LogP contribution in [0.15, 0.2) is 54.6 Å². The Bertz CT molecular complexity index is 575. The van der Waals surface area contributed by atoms with E-state index in [-0.39, 0.29) is 6.04 Å². The average molecular weight is 315 g/mol. The lowest BCUT2D eigenvalue weighted by Crippen LogP contribution is -2.46. The van der Waals surface area contributed by atoms with Crippen molar-refractivity contribution in [3.63, 3.8) is 0 Å². The summed E-state index contributed by atoms with van der Waals surface area (Å²) in [6.45, 7) is 0.860. The van der Waals surface area contributed by atoms with Crippen LogP contribution in [-0.4, -0.2) is 35.9 Å². The topological polar surface area (TPSA) is 84.7 Å². The molecule has 124 valence electrons. The Morgan fingerprint density at radius 1 is 1.04 bits per heavy atom. The van der Waals surface area contributed by atoms with Gasteiger partial charge in [0.25, 0.3) is 0 Å². The molecule has 2 aromatic carbocycles. The number of hydrogen-bond acceptors (Lipinski definition) is 5. The number of nitrogens with two attached hydrogens (primary N) is 2. The van der Waals surface area contributed by atoms with Crippen LogP contribution in [0.5, 0.6) is 5.75 Å². The summed E-state index contributed by atoms with van der Waals surface area (Å²) in [5, 5.41) is 11.8. The highest BCUT2D eigenvalue weighted by Gasteiger charge is 2.17. The molecule has 5 heteroatoms. The van der Waals surface area contributed by atoms with E-state index in [1.807, 2.05) is 54.6 Å². The zero-order valence-corrected chi connectivity index (χ0v) is 13.4. The van der Waals surface area contributed by atoms with E-state index >= 15 is 0 Å². The van der Waals surface area contributed by atoms with Crippen molar-refractivity contribution in [3.05, 3.63) is 65.7 Å². The monoisotopic (exact) mass is 315 g/mol. The highest BCUT2D eigenvalue weighted by molar-refractivity contribution is 5.27. The molecule has 0 bridgehead atoms. The fraction of sp³-hybridized carbons (Fsp3) is 0.333. The number of ether oxygens (including phenoxy) is 1. The molecule has 0 saturated carbocycles. The third-order valence-electron chi connectivity index (χ3n) is 3.77. The van der Waals surface area contributed by atoms with Gasteiger partial charge in [0.1, 0.15) is 5.75 Å². The van der Waals surface area contributed by atoms with E-state index in [1.54, 1.807) is 12.1 Å². The van der Waals surface area contributed by atoms with Gasteiger partial charge in [0.15, 0.2) is 0 Å².